The quantitative estimate of drug-likeness (QED) is 0.182. The lowest BCUT2D eigenvalue weighted by Crippen LogP contribution is -2.41. The lowest BCUT2D eigenvalue weighted by atomic mass is 10.1. The maximum Gasteiger partial charge on any atom is 0.280 e. The third-order valence-electron chi connectivity index (χ3n) is 6.56. The van der Waals surface area contributed by atoms with Gasteiger partial charge in [-0.2, -0.15) is 14.4 Å². The highest BCUT2D eigenvalue weighted by atomic mass is 79.9. The van der Waals surface area contributed by atoms with E-state index in [1.54, 1.807) is 22.7 Å². The van der Waals surface area contributed by atoms with E-state index in [9.17, 15) is 13.2 Å². The third kappa shape index (κ3) is 5.58. The van der Waals surface area contributed by atoms with E-state index in [1.165, 1.54) is 28.5 Å². The molecule has 7 nitrogen and oxygen atoms in total. The number of carbonyl (C=O) groups is 1. The van der Waals surface area contributed by atoms with Gasteiger partial charge < -0.3 is 0 Å². The number of thiazole rings is 1. The van der Waals surface area contributed by atoms with Crippen LogP contribution in [-0.2, 0) is 10.0 Å². The van der Waals surface area contributed by atoms with Gasteiger partial charge >= 0.3 is 0 Å². The van der Waals surface area contributed by atoms with Crippen molar-refractivity contribution in [3.05, 3.63) is 87.9 Å². The minimum Gasteiger partial charge on any atom is -0.267 e. The average molecular weight is 612 g/mol. The van der Waals surface area contributed by atoms with Gasteiger partial charge in [0.1, 0.15) is 0 Å². The van der Waals surface area contributed by atoms with E-state index in [0.29, 0.717) is 17.2 Å². The summed E-state index contributed by atoms with van der Waals surface area (Å²) in [5, 5.41) is 6.20. The van der Waals surface area contributed by atoms with Gasteiger partial charge in [-0.05, 0) is 74.7 Å². The molecule has 0 bridgehead atoms. The molecule has 1 unspecified atom stereocenters. The number of sulfonamides is 1. The number of fused-ring (bicyclic) bond motifs is 1. The number of carbonyl (C=O) groups excluding carboxylic acids is 1. The van der Waals surface area contributed by atoms with Gasteiger partial charge in [0, 0.05) is 22.6 Å². The Morgan fingerprint density at radius 3 is 2.55 bits per heavy atom. The van der Waals surface area contributed by atoms with E-state index >= 15 is 0 Å². The molecule has 0 spiro atoms. The summed E-state index contributed by atoms with van der Waals surface area (Å²) in [7, 11) is -3.63. The molecule has 1 aliphatic heterocycles. The van der Waals surface area contributed by atoms with Gasteiger partial charge in [-0.15, -0.1) is 0 Å². The van der Waals surface area contributed by atoms with Crippen molar-refractivity contribution in [1.29, 1.82) is 0 Å². The second kappa shape index (κ2) is 11.1. The normalized spacial score (nSPS) is 16.8. The van der Waals surface area contributed by atoms with E-state index < -0.39 is 15.9 Å². The molecule has 1 amide bonds. The van der Waals surface area contributed by atoms with Crippen molar-refractivity contribution in [2.24, 2.45) is 5.10 Å². The van der Waals surface area contributed by atoms with Crippen molar-refractivity contribution in [2.45, 2.75) is 44.0 Å². The predicted octanol–water partition coefficient (Wildman–Crippen LogP) is 6.61. The topological polar surface area (TPSA) is 82.9 Å². The van der Waals surface area contributed by atoms with Crippen LogP contribution in [0.3, 0.4) is 0 Å². The van der Waals surface area contributed by atoms with Gasteiger partial charge in [0.05, 0.1) is 21.3 Å². The van der Waals surface area contributed by atoms with Gasteiger partial charge in [-0.25, -0.2) is 13.4 Å². The predicted molar refractivity (Wildman–Crippen MR) is 157 cm³/mol. The Hall–Kier alpha value is -2.92. The number of hydrogen-bond acceptors (Lipinski definition) is 6. The molecule has 1 saturated heterocycles. The van der Waals surface area contributed by atoms with Crippen molar-refractivity contribution in [2.75, 3.05) is 11.6 Å². The van der Waals surface area contributed by atoms with Gasteiger partial charge in [-0.1, -0.05) is 63.5 Å². The zero-order valence-corrected chi connectivity index (χ0v) is 24.3. The fourth-order valence-corrected chi connectivity index (χ4v) is 7.57. The number of amides is 1. The first-order chi connectivity index (χ1) is 18.2. The largest absolute Gasteiger partial charge is 0.280 e. The first-order valence-electron chi connectivity index (χ1n) is 12.4. The summed E-state index contributed by atoms with van der Waals surface area (Å²) in [6.07, 6.45) is 4.35. The van der Waals surface area contributed by atoms with E-state index in [1.807, 2.05) is 56.3 Å². The molecule has 0 aliphatic carbocycles. The Morgan fingerprint density at radius 1 is 1.11 bits per heavy atom. The third-order valence-corrected chi connectivity index (χ3v) is 10.1. The number of rotatable bonds is 6. The monoisotopic (exact) mass is 610 g/mol. The molecule has 1 aromatic heterocycles. The van der Waals surface area contributed by atoms with E-state index in [0.717, 1.165) is 45.1 Å². The summed E-state index contributed by atoms with van der Waals surface area (Å²) in [5.41, 5.74) is 3.04. The van der Waals surface area contributed by atoms with Crippen molar-refractivity contribution < 1.29 is 13.2 Å². The molecule has 1 aliphatic rings. The van der Waals surface area contributed by atoms with Gasteiger partial charge in [0.2, 0.25) is 15.2 Å². The fraction of sp³-hybridized carbons (Fsp3) is 0.250. The molecule has 5 rings (SSSR count). The Labute approximate surface area is 235 Å². The van der Waals surface area contributed by atoms with E-state index in [-0.39, 0.29) is 10.9 Å². The zero-order chi connectivity index (χ0) is 26.9. The van der Waals surface area contributed by atoms with Crippen molar-refractivity contribution >= 4 is 64.8 Å². The second-order valence-corrected chi connectivity index (χ2v) is 13.2. The molecule has 0 radical (unpaired) electrons. The van der Waals surface area contributed by atoms with Gasteiger partial charge in [0.15, 0.2) is 0 Å². The van der Waals surface area contributed by atoms with Crippen LogP contribution >= 0.6 is 27.3 Å². The van der Waals surface area contributed by atoms with Gasteiger partial charge in [0.25, 0.3) is 5.91 Å². The van der Waals surface area contributed by atoms with Crippen LogP contribution < -0.4 is 5.01 Å². The Kier molecular flexibility index (Phi) is 7.76. The van der Waals surface area contributed by atoms with Crippen LogP contribution in [0.2, 0.25) is 0 Å². The van der Waals surface area contributed by atoms with Gasteiger partial charge in [-0.3, -0.25) is 4.79 Å². The van der Waals surface area contributed by atoms with Crippen LogP contribution in [0.15, 0.2) is 81.2 Å². The molecule has 38 heavy (non-hydrogen) atoms. The highest BCUT2D eigenvalue weighted by Gasteiger charge is 2.31. The number of aryl methyl sites for hydroxylation is 1. The number of benzene rings is 3. The lowest BCUT2D eigenvalue weighted by molar-refractivity contribution is 0.0987. The first-order valence-corrected chi connectivity index (χ1v) is 15.4. The SMILES string of the molecule is Cc1ccc(/C=N/N(C(=O)c2ccc(S(=O)(=O)N3CCCCC3C)cc2)c2nc3ccc(Br)cc3s2)cc1. The highest BCUT2D eigenvalue weighted by molar-refractivity contribution is 9.10. The summed E-state index contributed by atoms with van der Waals surface area (Å²) >= 11 is 4.84. The molecule has 0 saturated carbocycles. The summed E-state index contributed by atoms with van der Waals surface area (Å²) in [6.45, 7) is 4.46. The number of nitrogens with zero attached hydrogens (tertiary/aromatic N) is 4. The number of anilines is 1. The molecule has 1 fully saturated rings. The minimum atomic E-state index is -3.63. The Morgan fingerprint density at radius 2 is 1.84 bits per heavy atom. The average Bonchev–Trinajstić information content (AvgIpc) is 3.32. The summed E-state index contributed by atoms with van der Waals surface area (Å²) in [6, 6.07) is 19.6. The molecule has 4 aromatic rings. The summed E-state index contributed by atoms with van der Waals surface area (Å²) in [5.74, 6) is -0.401. The highest BCUT2D eigenvalue weighted by Crippen LogP contribution is 2.32. The van der Waals surface area contributed by atoms with Crippen LogP contribution in [0.25, 0.3) is 10.2 Å². The van der Waals surface area contributed by atoms with Crippen molar-refractivity contribution in [3.63, 3.8) is 0 Å². The van der Waals surface area contributed by atoms with Crippen LogP contribution in [0.1, 0.15) is 47.7 Å². The van der Waals surface area contributed by atoms with Crippen LogP contribution in [0.5, 0.6) is 0 Å². The van der Waals surface area contributed by atoms with Crippen molar-refractivity contribution in [1.82, 2.24) is 9.29 Å². The fourth-order valence-electron chi connectivity index (χ4n) is 4.40. The Bertz CT molecular complexity index is 1600. The van der Waals surface area contributed by atoms with E-state index in [4.69, 9.17) is 0 Å². The number of halogens is 1. The van der Waals surface area contributed by atoms with Crippen molar-refractivity contribution in [3.8, 4) is 0 Å². The first kappa shape index (κ1) is 26.7. The molecular formula is C28H27BrN4O3S2. The molecular weight excluding hydrogens is 584 g/mol. The maximum atomic E-state index is 13.7. The molecule has 3 aromatic carbocycles. The number of piperidine rings is 1. The Balaban J connectivity index is 1.48. The van der Waals surface area contributed by atoms with Crippen LogP contribution in [-0.4, -0.2) is 42.4 Å². The minimum absolute atomic E-state index is 0.0410. The lowest BCUT2D eigenvalue weighted by Gasteiger charge is -2.32. The molecule has 2 heterocycles. The standard InChI is InChI=1S/C28H27BrN4O3S2/c1-19-6-8-21(9-7-19)18-30-33(28-31-25-15-12-23(29)17-26(25)37-28)27(34)22-10-13-24(14-11-22)38(35,36)32-16-4-3-5-20(32)2/h6-15,17-18,20H,3-5,16H2,1-2H3/b30-18+. The number of hydrazone groups is 1. The number of hydrogen-bond donors (Lipinski definition) is 0. The molecule has 0 N–H and O–H groups in total. The smallest absolute Gasteiger partial charge is 0.267 e. The maximum absolute atomic E-state index is 13.7. The van der Waals surface area contributed by atoms with Crippen LogP contribution in [0, 0.1) is 6.92 Å². The second-order valence-electron chi connectivity index (χ2n) is 9.37. The molecule has 10 heteroatoms. The molecule has 1 atom stereocenters. The van der Waals surface area contributed by atoms with E-state index in [2.05, 4.69) is 26.0 Å². The summed E-state index contributed by atoms with van der Waals surface area (Å²) < 4.78 is 29.9. The summed E-state index contributed by atoms with van der Waals surface area (Å²) in [4.78, 5) is 18.5. The zero-order valence-electron chi connectivity index (χ0n) is 21.0. The molecule has 196 valence electrons. The van der Waals surface area contributed by atoms with Crippen LogP contribution in [0.4, 0.5) is 5.13 Å². The number of aromatic nitrogens is 1.